The largest absolute Gasteiger partial charge is 0.325 e. The van der Waals surface area contributed by atoms with E-state index in [0.717, 1.165) is 37.7 Å². The van der Waals surface area contributed by atoms with E-state index in [9.17, 15) is 14.4 Å². The Labute approximate surface area is 180 Å². The first-order valence-corrected chi connectivity index (χ1v) is 11.5. The van der Waals surface area contributed by atoms with Crippen LogP contribution in [-0.2, 0) is 14.4 Å². The van der Waals surface area contributed by atoms with Gasteiger partial charge in [-0.25, -0.2) is 4.90 Å². The van der Waals surface area contributed by atoms with Crippen LogP contribution in [0.25, 0.3) is 0 Å². The monoisotopic (exact) mass is 412 g/mol. The maximum Gasteiger partial charge on any atom is 0.257 e. The maximum absolute atomic E-state index is 13.5. The molecular weight excluding hydrogens is 376 g/mol. The number of benzene rings is 1. The minimum atomic E-state index is -0.716. The zero-order chi connectivity index (χ0) is 22.1. The van der Waals surface area contributed by atoms with E-state index in [4.69, 9.17) is 0 Å². The zero-order valence-electron chi connectivity index (χ0n) is 19.1. The van der Waals surface area contributed by atoms with Gasteiger partial charge in [0.05, 0.1) is 12.1 Å². The number of imide groups is 1. The molecule has 0 radical (unpaired) electrons. The third-order valence-corrected chi connectivity index (χ3v) is 6.96. The van der Waals surface area contributed by atoms with E-state index in [0.29, 0.717) is 11.6 Å². The summed E-state index contributed by atoms with van der Waals surface area (Å²) < 4.78 is 0. The van der Waals surface area contributed by atoms with Crippen molar-refractivity contribution in [3.63, 3.8) is 0 Å². The van der Waals surface area contributed by atoms with Crippen LogP contribution in [0.5, 0.6) is 0 Å². The topological polar surface area (TPSA) is 57.7 Å². The first-order chi connectivity index (χ1) is 14.2. The summed E-state index contributed by atoms with van der Waals surface area (Å²) in [5.74, 6) is -0.110. The fourth-order valence-electron chi connectivity index (χ4n) is 4.69. The van der Waals surface area contributed by atoms with Gasteiger partial charge < -0.3 is 4.90 Å². The van der Waals surface area contributed by atoms with E-state index in [1.807, 2.05) is 45.0 Å². The highest BCUT2D eigenvalue weighted by Crippen LogP contribution is 2.35. The van der Waals surface area contributed by atoms with E-state index in [1.54, 1.807) is 4.90 Å². The van der Waals surface area contributed by atoms with E-state index < -0.39 is 11.6 Å². The smallest absolute Gasteiger partial charge is 0.257 e. The Morgan fingerprint density at radius 2 is 1.70 bits per heavy atom. The van der Waals surface area contributed by atoms with Crippen molar-refractivity contribution in [1.29, 1.82) is 0 Å². The van der Waals surface area contributed by atoms with Gasteiger partial charge in [-0.1, -0.05) is 52.2 Å². The van der Waals surface area contributed by atoms with Crippen molar-refractivity contribution < 1.29 is 14.4 Å². The van der Waals surface area contributed by atoms with E-state index in [2.05, 4.69) is 13.8 Å². The Balaban J connectivity index is 1.90. The SMILES string of the molecule is CCC(C)(C)N(C(=O)C1CCCCC1)C1CC(=O)N(c2ccc(C(C)C)cc2)C1=O. The maximum atomic E-state index is 13.5. The van der Waals surface area contributed by atoms with Gasteiger partial charge in [-0.3, -0.25) is 14.4 Å². The van der Waals surface area contributed by atoms with E-state index in [1.165, 1.54) is 11.3 Å². The molecule has 0 bridgehead atoms. The lowest BCUT2D eigenvalue weighted by atomic mass is 9.85. The minimum absolute atomic E-state index is 0.0353. The van der Waals surface area contributed by atoms with Crippen LogP contribution in [0.2, 0.25) is 0 Å². The zero-order valence-corrected chi connectivity index (χ0v) is 19.1. The number of amides is 3. The van der Waals surface area contributed by atoms with Crippen LogP contribution < -0.4 is 4.90 Å². The quantitative estimate of drug-likeness (QED) is 0.615. The molecule has 0 spiro atoms. The summed E-state index contributed by atoms with van der Waals surface area (Å²) in [5.41, 5.74) is 1.28. The molecule has 0 aromatic heterocycles. The van der Waals surface area contributed by atoms with Crippen molar-refractivity contribution in [3.05, 3.63) is 29.8 Å². The molecule has 0 N–H and O–H groups in total. The summed E-state index contributed by atoms with van der Waals surface area (Å²) >= 11 is 0. The molecule has 30 heavy (non-hydrogen) atoms. The molecule has 1 aromatic rings. The molecule has 1 unspecified atom stereocenters. The molecule has 2 fully saturated rings. The molecule has 1 aliphatic heterocycles. The van der Waals surface area contributed by atoms with Crippen LogP contribution in [-0.4, -0.2) is 34.2 Å². The molecule has 2 aliphatic rings. The number of nitrogens with zero attached hydrogens (tertiary/aromatic N) is 2. The van der Waals surface area contributed by atoms with E-state index in [-0.39, 0.29) is 30.1 Å². The molecule has 164 valence electrons. The number of carbonyl (C=O) groups excluding carboxylic acids is 3. The van der Waals surface area contributed by atoms with E-state index >= 15 is 0 Å². The Hall–Kier alpha value is -2.17. The molecule has 3 amide bonds. The number of hydrogen-bond acceptors (Lipinski definition) is 3. The van der Waals surface area contributed by atoms with Gasteiger partial charge >= 0.3 is 0 Å². The van der Waals surface area contributed by atoms with Crippen LogP contribution >= 0.6 is 0 Å². The standard InChI is InChI=1S/C25H36N2O3/c1-6-25(4,5)27(23(29)19-10-8-7-9-11-19)21-16-22(28)26(24(21)30)20-14-12-18(13-15-20)17(2)3/h12-15,17,19,21H,6-11,16H2,1-5H3. The molecule has 1 aromatic carbocycles. The van der Waals surface area contributed by atoms with Gasteiger partial charge in [-0.2, -0.15) is 0 Å². The molecule has 1 heterocycles. The second-order valence-corrected chi connectivity index (χ2v) is 9.74. The first kappa shape index (κ1) is 22.5. The molecule has 1 saturated carbocycles. The van der Waals surface area contributed by atoms with Crippen molar-refractivity contribution >= 4 is 23.4 Å². The van der Waals surface area contributed by atoms with Gasteiger partial charge in [0.1, 0.15) is 6.04 Å². The summed E-state index contributed by atoms with van der Waals surface area (Å²) in [7, 11) is 0. The second kappa shape index (κ2) is 8.91. The molecule has 1 aliphatic carbocycles. The van der Waals surface area contributed by atoms with Crippen molar-refractivity contribution in [2.24, 2.45) is 5.92 Å². The molecule has 1 atom stereocenters. The number of anilines is 1. The summed E-state index contributed by atoms with van der Waals surface area (Å²) in [6, 6.07) is 6.90. The number of carbonyl (C=O) groups is 3. The van der Waals surface area contributed by atoms with Crippen LogP contribution in [0, 0.1) is 5.92 Å². The summed E-state index contributed by atoms with van der Waals surface area (Å²) in [6.07, 6.45) is 5.83. The third-order valence-electron chi connectivity index (χ3n) is 6.96. The van der Waals surface area contributed by atoms with Gasteiger partial charge in [0.2, 0.25) is 11.8 Å². The molecule has 5 nitrogen and oxygen atoms in total. The average Bonchev–Trinajstić information content (AvgIpc) is 3.02. The van der Waals surface area contributed by atoms with Crippen molar-refractivity contribution in [2.75, 3.05) is 4.90 Å². The third kappa shape index (κ3) is 4.30. The summed E-state index contributed by atoms with van der Waals surface area (Å²) in [5, 5.41) is 0. The Kier molecular flexibility index (Phi) is 6.68. The number of hydrogen-bond donors (Lipinski definition) is 0. The Bertz CT molecular complexity index is 791. The highest BCUT2D eigenvalue weighted by atomic mass is 16.2. The van der Waals surface area contributed by atoms with Gasteiger partial charge in [0.15, 0.2) is 0 Å². The van der Waals surface area contributed by atoms with Crippen molar-refractivity contribution in [2.45, 2.75) is 97.1 Å². The van der Waals surface area contributed by atoms with Gasteiger partial charge in [-0.15, -0.1) is 0 Å². The minimum Gasteiger partial charge on any atom is -0.325 e. The van der Waals surface area contributed by atoms with Crippen LogP contribution in [0.3, 0.4) is 0 Å². The highest BCUT2D eigenvalue weighted by molar-refractivity contribution is 6.23. The Morgan fingerprint density at radius 1 is 1.10 bits per heavy atom. The molecule has 1 saturated heterocycles. The Morgan fingerprint density at radius 3 is 2.23 bits per heavy atom. The molecular formula is C25H36N2O3. The normalized spacial score (nSPS) is 20.9. The summed E-state index contributed by atoms with van der Waals surface area (Å²) in [6.45, 7) is 10.3. The lowest BCUT2D eigenvalue weighted by Gasteiger charge is -2.43. The second-order valence-electron chi connectivity index (χ2n) is 9.74. The summed E-state index contributed by atoms with van der Waals surface area (Å²) in [4.78, 5) is 42.9. The van der Waals surface area contributed by atoms with Crippen molar-refractivity contribution in [1.82, 2.24) is 4.90 Å². The van der Waals surface area contributed by atoms with Crippen LogP contribution in [0.1, 0.15) is 91.0 Å². The lowest BCUT2D eigenvalue weighted by molar-refractivity contribution is -0.149. The number of rotatable bonds is 6. The fraction of sp³-hybridized carbons (Fsp3) is 0.640. The predicted octanol–water partition coefficient (Wildman–Crippen LogP) is 5.04. The molecule has 3 rings (SSSR count). The average molecular weight is 413 g/mol. The van der Waals surface area contributed by atoms with Gasteiger partial charge in [0.25, 0.3) is 5.91 Å². The predicted molar refractivity (Wildman–Crippen MR) is 119 cm³/mol. The fourth-order valence-corrected chi connectivity index (χ4v) is 4.69. The van der Waals surface area contributed by atoms with Gasteiger partial charge in [-0.05, 0) is 56.7 Å². The van der Waals surface area contributed by atoms with Crippen LogP contribution in [0.4, 0.5) is 5.69 Å². The lowest BCUT2D eigenvalue weighted by Crippen LogP contribution is -2.57. The van der Waals surface area contributed by atoms with Gasteiger partial charge in [0, 0.05) is 11.5 Å². The highest BCUT2D eigenvalue weighted by Gasteiger charge is 2.49. The van der Waals surface area contributed by atoms with Crippen LogP contribution in [0.15, 0.2) is 24.3 Å². The molecule has 5 heteroatoms. The first-order valence-electron chi connectivity index (χ1n) is 11.5. The van der Waals surface area contributed by atoms with Crippen molar-refractivity contribution in [3.8, 4) is 0 Å².